The fraction of sp³-hybridized carbons (Fsp3) is 0.300. The molecule has 1 aliphatic heterocycles. The van der Waals surface area contributed by atoms with Crippen molar-refractivity contribution in [1.82, 2.24) is 4.31 Å². The molecule has 0 aromatic heterocycles. The first-order valence-electron chi connectivity index (χ1n) is 9.42. The molecule has 31 heavy (non-hydrogen) atoms. The van der Waals surface area contributed by atoms with Crippen LogP contribution in [-0.2, 0) is 19.6 Å². The van der Waals surface area contributed by atoms with E-state index in [1.165, 1.54) is 4.31 Å². The predicted octanol–water partition coefficient (Wildman–Crippen LogP) is 2.38. The molecule has 0 unspecified atom stereocenters. The molecule has 3 rings (SSSR count). The number of nitrogens with zero attached hydrogens (tertiary/aromatic N) is 1. The zero-order chi connectivity index (χ0) is 22.6. The summed E-state index contributed by atoms with van der Waals surface area (Å²) in [5, 5.41) is 2.51. The zero-order valence-electron chi connectivity index (χ0n) is 16.9. The molecule has 0 radical (unpaired) electrons. The van der Waals surface area contributed by atoms with Gasteiger partial charge in [-0.1, -0.05) is 13.8 Å². The number of esters is 1. The van der Waals surface area contributed by atoms with Crippen LogP contribution >= 0.6 is 0 Å². The molecular weight excluding hydrogens is 431 g/mol. The van der Waals surface area contributed by atoms with E-state index >= 15 is 0 Å². The van der Waals surface area contributed by atoms with Crippen LogP contribution in [0.5, 0.6) is 11.5 Å². The van der Waals surface area contributed by atoms with Gasteiger partial charge in [0.1, 0.15) is 5.82 Å². The topological polar surface area (TPSA) is 111 Å². The Hall–Kier alpha value is -3.18. The lowest BCUT2D eigenvalue weighted by molar-refractivity contribution is -0.119. The third kappa shape index (κ3) is 4.94. The lowest BCUT2D eigenvalue weighted by Crippen LogP contribution is -2.30. The van der Waals surface area contributed by atoms with E-state index in [9.17, 15) is 22.4 Å². The first-order chi connectivity index (χ1) is 14.8. The van der Waals surface area contributed by atoms with Crippen molar-refractivity contribution in [2.45, 2.75) is 18.7 Å². The third-order valence-corrected chi connectivity index (χ3v) is 6.54. The molecule has 0 bridgehead atoms. The van der Waals surface area contributed by atoms with Gasteiger partial charge >= 0.3 is 5.97 Å². The van der Waals surface area contributed by atoms with Crippen molar-refractivity contribution in [2.75, 3.05) is 31.8 Å². The Balaban J connectivity index is 1.67. The Morgan fingerprint density at radius 3 is 2.52 bits per heavy atom. The summed E-state index contributed by atoms with van der Waals surface area (Å²) >= 11 is 0. The van der Waals surface area contributed by atoms with Gasteiger partial charge in [-0.15, -0.1) is 0 Å². The average Bonchev–Trinajstić information content (AvgIpc) is 3.20. The molecule has 1 heterocycles. The normalized spacial score (nSPS) is 12.6. The molecule has 0 fully saturated rings. The van der Waals surface area contributed by atoms with E-state index in [0.29, 0.717) is 17.2 Å². The van der Waals surface area contributed by atoms with E-state index in [0.717, 1.165) is 18.2 Å². The van der Waals surface area contributed by atoms with Crippen LogP contribution in [0.15, 0.2) is 41.3 Å². The highest BCUT2D eigenvalue weighted by Crippen LogP contribution is 2.34. The van der Waals surface area contributed by atoms with E-state index in [1.807, 2.05) is 0 Å². The second-order valence-electron chi connectivity index (χ2n) is 6.42. The minimum absolute atomic E-state index is 0.0823. The van der Waals surface area contributed by atoms with E-state index in [1.54, 1.807) is 32.0 Å². The Kier molecular flexibility index (Phi) is 6.76. The monoisotopic (exact) mass is 452 g/mol. The second kappa shape index (κ2) is 9.31. The van der Waals surface area contributed by atoms with Crippen LogP contribution in [0.1, 0.15) is 24.2 Å². The number of ether oxygens (including phenoxy) is 3. The average molecular weight is 452 g/mol. The predicted molar refractivity (Wildman–Crippen MR) is 108 cm³/mol. The van der Waals surface area contributed by atoms with Gasteiger partial charge in [0.15, 0.2) is 18.1 Å². The van der Waals surface area contributed by atoms with Gasteiger partial charge in [-0.3, -0.25) is 4.79 Å². The fourth-order valence-electron chi connectivity index (χ4n) is 2.91. The molecule has 0 saturated heterocycles. The van der Waals surface area contributed by atoms with Crippen molar-refractivity contribution in [3.8, 4) is 11.5 Å². The molecule has 0 atom stereocenters. The summed E-state index contributed by atoms with van der Waals surface area (Å²) in [5.74, 6) is -1.78. The van der Waals surface area contributed by atoms with Gasteiger partial charge in [0.25, 0.3) is 5.91 Å². The van der Waals surface area contributed by atoms with Crippen LogP contribution in [0.2, 0.25) is 0 Å². The highest BCUT2D eigenvalue weighted by Gasteiger charge is 2.25. The summed E-state index contributed by atoms with van der Waals surface area (Å²) in [4.78, 5) is 24.1. The minimum Gasteiger partial charge on any atom is -0.454 e. The van der Waals surface area contributed by atoms with Crippen LogP contribution in [0, 0.1) is 5.82 Å². The molecule has 1 aliphatic rings. The van der Waals surface area contributed by atoms with E-state index in [4.69, 9.17) is 14.2 Å². The fourth-order valence-corrected chi connectivity index (χ4v) is 4.40. The summed E-state index contributed by atoms with van der Waals surface area (Å²) in [5.41, 5.74) is -0.187. The molecule has 9 nitrogen and oxygen atoms in total. The number of rotatable bonds is 8. The smallest absolute Gasteiger partial charge is 0.341 e. The number of fused-ring (bicyclic) bond motifs is 1. The van der Waals surface area contributed by atoms with Crippen LogP contribution in [0.3, 0.4) is 0 Å². The number of halogens is 1. The van der Waals surface area contributed by atoms with Gasteiger partial charge in [-0.25, -0.2) is 17.6 Å². The molecule has 1 amide bonds. The summed E-state index contributed by atoms with van der Waals surface area (Å²) in [7, 11) is -3.89. The first-order valence-corrected chi connectivity index (χ1v) is 10.9. The van der Waals surface area contributed by atoms with Crippen molar-refractivity contribution >= 4 is 27.6 Å². The number of carbonyl (C=O) groups is 2. The van der Waals surface area contributed by atoms with Crippen LogP contribution in [0.4, 0.5) is 10.1 Å². The molecule has 2 aromatic rings. The van der Waals surface area contributed by atoms with Gasteiger partial charge in [0.2, 0.25) is 16.8 Å². The van der Waals surface area contributed by atoms with Crippen LogP contribution in [-0.4, -0.2) is 51.1 Å². The number of nitrogens with one attached hydrogen (secondary N) is 1. The quantitative estimate of drug-likeness (QED) is 0.612. The summed E-state index contributed by atoms with van der Waals surface area (Å²) in [6, 6.07) is 7.59. The SMILES string of the molecule is CCN(CC)S(=O)(=O)c1ccc(F)c(C(=O)OCC(=O)Nc2ccc3c(c2)OCO3)c1. The highest BCUT2D eigenvalue weighted by atomic mass is 32.2. The minimum atomic E-state index is -3.89. The third-order valence-electron chi connectivity index (χ3n) is 4.49. The number of hydrogen-bond donors (Lipinski definition) is 1. The standard InChI is InChI=1S/C20H21FN2O7S/c1-3-23(4-2)31(26,27)14-6-7-16(21)15(10-14)20(25)28-11-19(24)22-13-5-8-17-18(9-13)30-12-29-17/h5-10H,3-4,11-12H2,1-2H3,(H,22,24). The van der Waals surface area contributed by atoms with Crippen molar-refractivity contribution in [3.63, 3.8) is 0 Å². The summed E-state index contributed by atoms with van der Waals surface area (Å²) in [6.07, 6.45) is 0. The number of sulfonamides is 1. The van der Waals surface area contributed by atoms with E-state index in [-0.39, 0.29) is 24.8 Å². The number of anilines is 1. The summed E-state index contributed by atoms with van der Waals surface area (Å²) in [6.45, 7) is 3.15. The van der Waals surface area contributed by atoms with Crippen LogP contribution in [0.25, 0.3) is 0 Å². The van der Waals surface area contributed by atoms with Gasteiger partial charge in [0, 0.05) is 24.8 Å². The van der Waals surface area contributed by atoms with Crippen molar-refractivity contribution < 1.29 is 36.6 Å². The maximum Gasteiger partial charge on any atom is 0.341 e. The number of benzene rings is 2. The van der Waals surface area contributed by atoms with Gasteiger partial charge in [-0.05, 0) is 30.3 Å². The highest BCUT2D eigenvalue weighted by molar-refractivity contribution is 7.89. The number of carbonyl (C=O) groups excluding carboxylic acids is 2. The summed E-state index contributed by atoms with van der Waals surface area (Å²) < 4.78 is 55.8. The Bertz CT molecular complexity index is 1100. The molecule has 11 heteroatoms. The number of amides is 1. The molecule has 0 saturated carbocycles. The second-order valence-corrected chi connectivity index (χ2v) is 8.36. The maximum atomic E-state index is 14.1. The van der Waals surface area contributed by atoms with Gasteiger partial charge in [0.05, 0.1) is 10.5 Å². The molecule has 2 aromatic carbocycles. The molecule has 0 aliphatic carbocycles. The molecule has 0 spiro atoms. The lowest BCUT2D eigenvalue weighted by atomic mass is 10.2. The zero-order valence-corrected chi connectivity index (χ0v) is 17.7. The van der Waals surface area contributed by atoms with Gasteiger partial charge < -0.3 is 19.5 Å². The Labute approximate surface area is 178 Å². The molecule has 166 valence electrons. The largest absolute Gasteiger partial charge is 0.454 e. The van der Waals surface area contributed by atoms with Crippen molar-refractivity contribution in [3.05, 3.63) is 47.8 Å². The van der Waals surface area contributed by atoms with Crippen molar-refractivity contribution in [2.24, 2.45) is 0 Å². The maximum absolute atomic E-state index is 14.1. The van der Waals surface area contributed by atoms with Crippen molar-refractivity contribution in [1.29, 1.82) is 0 Å². The molecule has 1 N–H and O–H groups in total. The Morgan fingerprint density at radius 2 is 1.81 bits per heavy atom. The lowest BCUT2D eigenvalue weighted by Gasteiger charge is -2.18. The van der Waals surface area contributed by atoms with Crippen LogP contribution < -0.4 is 14.8 Å². The van der Waals surface area contributed by atoms with E-state index in [2.05, 4.69) is 5.32 Å². The number of hydrogen-bond acceptors (Lipinski definition) is 7. The first kappa shape index (κ1) is 22.5. The molecular formula is C20H21FN2O7S. The Morgan fingerprint density at radius 1 is 1.10 bits per heavy atom. The van der Waals surface area contributed by atoms with E-state index < -0.39 is 39.9 Å². The van der Waals surface area contributed by atoms with Gasteiger partial charge in [-0.2, -0.15) is 4.31 Å².